The van der Waals surface area contributed by atoms with Crippen LogP contribution in [0.3, 0.4) is 0 Å². The Kier molecular flexibility index (Phi) is 7.04. The van der Waals surface area contributed by atoms with Crippen LogP contribution < -0.4 is 26.5 Å². The molecule has 1 aromatic heterocycles. The number of carbonyl (C=O) groups is 3. The summed E-state index contributed by atoms with van der Waals surface area (Å²) in [7, 11) is 0. The number of alkyl halides is 3. The summed E-state index contributed by atoms with van der Waals surface area (Å²) in [6, 6.07) is 13.4. The molecule has 0 saturated heterocycles. The lowest BCUT2D eigenvalue weighted by Gasteiger charge is -2.10. The lowest BCUT2D eigenvalue weighted by atomic mass is 10.2. The van der Waals surface area contributed by atoms with E-state index < -0.39 is 29.8 Å². The van der Waals surface area contributed by atoms with E-state index in [1.54, 1.807) is 36.4 Å². The number of rotatable bonds is 7. The molecule has 0 aliphatic carbocycles. The van der Waals surface area contributed by atoms with E-state index in [0.717, 1.165) is 11.8 Å². The van der Waals surface area contributed by atoms with Crippen molar-refractivity contribution in [3.05, 3.63) is 71.5 Å². The Balaban J connectivity index is 1.64. The van der Waals surface area contributed by atoms with Gasteiger partial charge in [0.2, 0.25) is 0 Å². The number of aryl methyl sites for hydroxylation is 1. The number of nitrogens with one attached hydrogen (secondary N) is 3. The predicted molar refractivity (Wildman–Crippen MR) is 116 cm³/mol. The quantitative estimate of drug-likeness (QED) is 0.413. The Hall–Kier alpha value is -4.55. The number of benzene rings is 2. The molecule has 13 heteroatoms. The lowest BCUT2D eigenvalue weighted by molar-refractivity contribution is -0.201. The smallest absolute Gasteiger partial charge is 0.378 e. The molecule has 2 aromatic carbocycles. The van der Waals surface area contributed by atoms with E-state index >= 15 is 0 Å². The summed E-state index contributed by atoms with van der Waals surface area (Å²) in [4.78, 5) is 39.0. The van der Waals surface area contributed by atoms with Gasteiger partial charge in [-0.15, -0.1) is 5.10 Å². The average molecular weight is 476 g/mol. The Bertz CT molecular complexity index is 1210. The van der Waals surface area contributed by atoms with Gasteiger partial charge in [-0.1, -0.05) is 34.7 Å². The number of anilines is 3. The molecule has 10 nitrogen and oxygen atoms in total. The molecule has 34 heavy (non-hydrogen) atoms. The first-order valence-corrected chi connectivity index (χ1v) is 9.68. The molecule has 0 fully saturated rings. The maximum absolute atomic E-state index is 12.4. The van der Waals surface area contributed by atoms with Crippen LogP contribution in [0.5, 0.6) is 0 Å². The van der Waals surface area contributed by atoms with Crippen LogP contribution in [0.15, 0.2) is 54.7 Å². The minimum absolute atomic E-state index is 0.0575. The highest BCUT2D eigenvalue weighted by molar-refractivity contribution is 5.99. The summed E-state index contributed by atoms with van der Waals surface area (Å²) >= 11 is 0. The van der Waals surface area contributed by atoms with E-state index in [-0.39, 0.29) is 17.1 Å². The first kappa shape index (κ1) is 24.1. The second kappa shape index (κ2) is 9.94. The Morgan fingerprint density at radius 2 is 1.74 bits per heavy atom. The molecule has 0 bridgehead atoms. The molecule has 0 aliphatic rings. The first-order valence-electron chi connectivity index (χ1n) is 9.68. The normalized spacial score (nSPS) is 10.9. The third kappa shape index (κ3) is 6.48. The van der Waals surface area contributed by atoms with Crippen molar-refractivity contribution < 1.29 is 32.4 Å². The van der Waals surface area contributed by atoms with Crippen LogP contribution in [0.25, 0.3) is 0 Å². The molecular weight excluding hydrogens is 457 g/mol. The number of urea groups is 1. The van der Waals surface area contributed by atoms with Gasteiger partial charge in [-0.05, 0) is 36.8 Å². The predicted octanol–water partition coefficient (Wildman–Crippen LogP) is 3.06. The highest BCUT2D eigenvalue weighted by Gasteiger charge is 2.42. The monoisotopic (exact) mass is 476 g/mol. The summed E-state index contributed by atoms with van der Waals surface area (Å²) in [6.07, 6.45) is -4.37. The number of carbonyl (C=O) groups excluding carboxylic acids is 3. The van der Waals surface area contributed by atoms with Crippen molar-refractivity contribution in [3.8, 4) is 0 Å². The lowest BCUT2D eigenvalue weighted by Crippen LogP contribution is -2.33. The molecule has 0 aliphatic heterocycles. The van der Waals surface area contributed by atoms with Crippen LogP contribution in [0.2, 0.25) is 0 Å². The van der Waals surface area contributed by atoms with Crippen LogP contribution in [-0.4, -0.2) is 34.0 Å². The summed E-state index contributed by atoms with van der Waals surface area (Å²) in [6.45, 7) is 2.00. The number of amides is 3. The molecule has 3 amide bonds. The number of hydrogen-bond acceptors (Lipinski definition) is 6. The van der Waals surface area contributed by atoms with Crippen molar-refractivity contribution in [1.29, 1.82) is 0 Å². The molecule has 3 rings (SSSR count). The maximum Gasteiger partial charge on any atom is 0.493 e. The summed E-state index contributed by atoms with van der Waals surface area (Å²) < 4.78 is 37.1. The van der Waals surface area contributed by atoms with E-state index in [4.69, 9.17) is 5.73 Å². The van der Waals surface area contributed by atoms with Gasteiger partial charge in [0.05, 0.1) is 11.9 Å². The molecule has 3 aromatic rings. The molecular formula is C21H19F3N6O4. The molecule has 0 unspecified atom stereocenters. The minimum Gasteiger partial charge on any atom is -0.378 e. The molecule has 1 heterocycles. The number of aromatic nitrogens is 2. The summed E-state index contributed by atoms with van der Waals surface area (Å²) in [5.74, 6) is -3.56. The van der Waals surface area contributed by atoms with Gasteiger partial charge in [0.15, 0.2) is 5.69 Å². The number of primary amides is 1. The van der Waals surface area contributed by atoms with Crippen LogP contribution in [0.4, 0.5) is 35.0 Å². The molecule has 0 spiro atoms. The standard InChI is InChI=1S/C21H19F3N6O4/c1-12-5-7-14(8-6-12)27-20(33)28-15-4-2-3-13(9-15)10-26-16-11-30(29-17(16)18(25)31)34-19(32)21(22,23)24/h2-9,11,26H,10H2,1H3,(H2,25,31)(H2,27,28,33). The van der Waals surface area contributed by atoms with Gasteiger partial charge in [-0.25, -0.2) is 9.59 Å². The van der Waals surface area contributed by atoms with Crippen LogP contribution >= 0.6 is 0 Å². The van der Waals surface area contributed by atoms with Crippen molar-refractivity contribution in [2.24, 2.45) is 5.73 Å². The van der Waals surface area contributed by atoms with Crippen molar-refractivity contribution in [2.75, 3.05) is 16.0 Å². The van der Waals surface area contributed by atoms with Gasteiger partial charge >= 0.3 is 18.2 Å². The maximum atomic E-state index is 12.4. The fourth-order valence-corrected chi connectivity index (χ4v) is 2.73. The first-order chi connectivity index (χ1) is 16.0. The number of hydrogen-bond donors (Lipinski definition) is 4. The van der Waals surface area contributed by atoms with Gasteiger partial charge in [-0.2, -0.15) is 13.2 Å². The Morgan fingerprint density at radius 1 is 1.06 bits per heavy atom. The van der Waals surface area contributed by atoms with Gasteiger partial charge in [0, 0.05) is 17.9 Å². The molecule has 0 radical (unpaired) electrons. The van der Waals surface area contributed by atoms with E-state index in [0.29, 0.717) is 16.9 Å². The zero-order valence-electron chi connectivity index (χ0n) is 17.6. The molecule has 178 valence electrons. The molecule has 5 N–H and O–H groups in total. The van der Waals surface area contributed by atoms with Gasteiger partial charge in [0.1, 0.15) is 0 Å². The molecule has 0 saturated carbocycles. The van der Waals surface area contributed by atoms with Crippen LogP contribution in [-0.2, 0) is 11.3 Å². The van der Waals surface area contributed by atoms with E-state index in [9.17, 15) is 27.6 Å². The second-order valence-electron chi connectivity index (χ2n) is 7.03. The zero-order chi connectivity index (χ0) is 24.9. The van der Waals surface area contributed by atoms with Crippen LogP contribution in [0.1, 0.15) is 21.6 Å². The number of nitrogens with two attached hydrogens (primary N) is 1. The third-order valence-electron chi connectivity index (χ3n) is 4.31. The van der Waals surface area contributed by atoms with Gasteiger partial charge < -0.3 is 26.5 Å². The third-order valence-corrected chi connectivity index (χ3v) is 4.31. The van der Waals surface area contributed by atoms with E-state index in [1.165, 1.54) is 0 Å². The SMILES string of the molecule is Cc1ccc(NC(=O)Nc2cccc(CNc3cn(OC(=O)C(F)(F)F)nc3C(N)=O)c2)cc1. The van der Waals surface area contributed by atoms with E-state index in [1.807, 2.05) is 19.1 Å². The number of nitrogens with zero attached hydrogens (tertiary/aromatic N) is 2. The second-order valence-corrected chi connectivity index (χ2v) is 7.03. The van der Waals surface area contributed by atoms with Gasteiger partial charge in [0.25, 0.3) is 5.91 Å². The highest BCUT2D eigenvalue weighted by atomic mass is 19.4. The summed E-state index contributed by atoms with van der Waals surface area (Å²) in [5, 5.41) is 11.6. The van der Waals surface area contributed by atoms with Crippen molar-refractivity contribution in [3.63, 3.8) is 0 Å². The van der Waals surface area contributed by atoms with Crippen molar-refractivity contribution in [2.45, 2.75) is 19.6 Å². The zero-order valence-corrected chi connectivity index (χ0v) is 17.6. The minimum atomic E-state index is -5.24. The van der Waals surface area contributed by atoms with E-state index in [2.05, 4.69) is 25.9 Å². The van der Waals surface area contributed by atoms with Crippen molar-refractivity contribution >= 4 is 35.0 Å². The largest absolute Gasteiger partial charge is 0.493 e. The summed E-state index contributed by atoms with van der Waals surface area (Å²) in [5.41, 5.74) is 7.48. The van der Waals surface area contributed by atoms with Crippen molar-refractivity contribution in [1.82, 2.24) is 9.94 Å². The highest BCUT2D eigenvalue weighted by Crippen LogP contribution is 2.19. The van der Waals surface area contributed by atoms with Crippen LogP contribution in [0, 0.1) is 6.92 Å². The molecule has 0 atom stereocenters. The number of halogens is 3. The fourth-order valence-electron chi connectivity index (χ4n) is 2.73. The fraction of sp³-hybridized carbons (Fsp3) is 0.143. The van der Waals surface area contributed by atoms with Gasteiger partial charge in [-0.3, -0.25) is 4.79 Å². The topological polar surface area (TPSA) is 140 Å². The Labute approximate surface area is 190 Å². The average Bonchev–Trinajstić information content (AvgIpc) is 3.16. The Morgan fingerprint density at radius 3 is 2.38 bits per heavy atom.